The molecule has 0 radical (unpaired) electrons. The molecular weight excluding hydrogens is 781 g/mol. The van der Waals surface area contributed by atoms with Crippen LogP contribution in [-0.4, -0.2) is 37.2 Å². The van der Waals surface area contributed by atoms with E-state index in [9.17, 15) is 14.4 Å². The molecule has 0 amide bonds. The van der Waals surface area contributed by atoms with E-state index in [1.807, 2.05) is 0 Å². The van der Waals surface area contributed by atoms with Gasteiger partial charge in [0.1, 0.15) is 13.2 Å². The maximum Gasteiger partial charge on any atom is 0.306 e. The van der Waals surface area contributed by atoms with Gasteiger partial charge in [-0.05, 0) is 109 Å². The largest absolute Gasteiger partial charge is 0.462 e. The first-order valence-electron chi connectivity index (χ1n) is 26.8. The van der Waals surface area contributed by atoms with Gasteiger partial charge < -0.3 is 14.2 Å². The van der Waals surface area contributed by atoms with Crippen LogP contribution in [0.4, 0.5) is 0 Å². The molecule has 0 spiro atoms. The normalized spacial score (nSPS) is 12.1. The van der Waals surface area contributed by atoms with Gasteiger partial charge in [0.05, 0.1) is 0 Å². The summed E-state index contributed by atoms with van der Waals surface area (Å²) in [5.41, 5.74) is 0. The minimum atomic E-state index is -0.800. The van der Waals surface area contributed by atoms with Gasteiger partial charge in [-0.15, -0.1) is 0 Å². The third-order valence-corrected chi connectivity index (χ3v) is 11.5. The van der Waals surface area contributed by atoms with Crippen LogP contribution in [-0.2, 0) is 28.6 Å². The minimum absolute atomic E-state index is 0.0960. The van der Waals surface area contributed by atoms with E-state index in [2.05, 4.69) is 81.5 Å². The molecule has 0 aliphatic rings. The topological polar surface area (TPSA) is 78.9 Å². The molecule has 0 unspecified atom stereocenters. The predicted octanol–water partition coefficient (Wildman–Crippen LogP) is 17.6. The second-order valence-electron chi connectivity index (χ2n) is 17.8. The Balaban J connectivity index is 4.46. The lowest BCUT2D eigenvalue weighted by Gasteiger charge is -2.18. The van der Waals surface area contributed by atoms with E-state index in [-0.39, 0.29) is 37.5 Å². The highest BCUT2D eigenvalue weighted by Crippen LogP contribution is 2.14. The van der Waals surface area contributed by atoms with E-state index in [1.54, 1.807) is 0 Å². The van der Waals surface area contributed by atoms with Crippen molar-refractivity contribution < 1.29 is 28.6 Å². The summed E-state index contributed by atoms with van der Waals surface area (Å²) in [6.45, 7) is 6.56. The average molecular weight is 881 g/mol. The molecule has 0 rings (SSSR count). The molecule has 0 aromatic carbocycles. The summed E-state index contributed by atoms with van der Waals surface area (Å²) in [4.78, 5) is 38.0. The standard InChI is InChI=1S/C57H100O6/c1-4-7-10-13-16-19-22-25-28-31-34-37-40-43-46-49-55(58)61-52-54(63-57(60)51-48-45-42-39-36-33-30-27-24-21-18-15-12-9-6-3)53-62-56(59)50-47-44-41-38-35-32-29-26-23-20-17-14-11-8-5-2/h18,21,25-30,36,39,54H,4-17,19-20,22-24,31-35,37-38,40-53H2,1-3H3/b21-18-,28-25-,29-26-,30-27-,39-36-. The summed E-state index contributed by atoms with van der Waals surface area (Å²) < 4.78 is 16.8. The Morgan fingerprint density at radius 2 is 0.571 bits per heavy atom. The summed E-state index contributed by atoms with van der Waals surface area (Å²) in [6.07, 6.45) is 63.4. The summed E-state index contributed by atoms with van der Waals surface area (Å²) in [7, 11) is 0. The molecule has 0 aromatic heterocycles. The van der Waals surface area contributed by atoms with Gasteiger partial charge in [0, 0.05) is 19.3 Å². The quantitative estimate of drug-likeness (QED) is 0.0262. The van der Waals surface area contributed by atoms with Gasteiger partial charge in [-0.25, -0.2) is 0 Å². The zero-order chi connectivity index (χ0) is 45.8. The van der Waals surface area contributed by atoms with E-state index in [0.717, 1.165) is 77.0 Å². The first-order chi connectivity index (χ1) is 31.0. The number of esters is 3. The molecule has 6 heteroatoms. The maximum atomic E-state index is 12.8. The highest BCUT2D eigenvalue weighted by molar-refractivity contribution is 5.71. The van der Waals surface area contributed by atoms with Crippen LogP contribution < -0.4 is 0 Å². The highest BCUT2D eigenvalue weighted by atomic mass is 16.6. The molecule has 0 heterocycles. The van der Waals surface area contributed by atoms with Crippen LogP contribution in [0.2, 0.25) is 0 Å². The predicted molar refractivity (Wildman–Crippen MR) is 270 cm³/mol. The third kappa shape index (κ3) is 50.0. The van der Waals surface area contributed by atoms with Crippen molar-refractivity contribution in [3.63, 3.8) is 0 Å². The fraction of sp³-hybridized carbons (Fsp3) is 0.772. The molecule has 0 aromatic rings. The summed E-state index contributed by atoms with van der Waals surface area (Å²) in [5.74, 6) is -0.945. The number of hydrogen-bond donors (Lipinski definition) is 0. The average Bonchev–Trinajstić information content (AvgIpc) is 3.28. The molecule has 0 N–H and O–H groups in total. The smallest absolute Gasteiger partial charge is 0.306 e. The molecule has 0 bridgehead atoms. The number of carbonyl (C=O) groups excluding carboxylic acids is 3. The Kier molecular flexibility index (Phi) is 49.4. The number of carbonyl (C=O) groups is 3. The van der Waals surface area contributed by atoms with Crippen molar-refractivity contribution in [2.75, 3.05) is 13.2 Å². The van der Waals surface area contributed by atoms with Crippen LogP contribution >= 0.6 is 0 Å². The lowest BCUT2D eigenvalue weighted by atomic mass is 10.1. The zero-order valence-electron chi connectivity index (χ0n) is 41.6. The second-order valence-corrected chi connectivity index (χ2v) is 17.8. The van der Waals surface area contributed by atoms with Gasteiger partial charge in [-0.3, -0.25) is 14.4 Å². The molecule has 63 heavy (non-hydrogen) atoms. The Morgan fingerprint density at radius 3 is 0.968 bits per heavy atom. The third-order valence-electron chi connectivity index (χ3n) is 11.5. The number of ether oxygens (including phenoxy) is 3. The molecule has 0 fully saturated rings. The Bertz CT molecular complexity index is 1090. The minimum Gasteiger partial charge on any atom is -0.462 e. The van der Waals surface area contributed by atoms with Crippen molar-refractivity contribution in [1.82, 2.24) is 0 Å². The van der Waals surface area contributed by atoms with Crippen molar-refractivity contribution >= 4 is 17.9 Å². The van der Waals surface area contributed by atoms with Gasteiger partial charge in [0.25, 0.3) is 0 Å². The van der Waals surface area contributed by atoms with Crippen LogP contribution in [0, 0.1) is 0 Å². The molecule has 0 saturated carbocycles. The molecule has 0 aliphatic heterocycles. The molecule has 364 valence electrons. The number of hydrogen-bond acceptors (Lipinski definition) is 6. The van der Waals surface area contributed by atoms with Crippen LogP contribution in [0.25, 0.3) is 0 Å². The zero-order valence-corrected chi connectivity index (χ0v) is 41.6. The maximum absolute atomic E-state index is 12.8. The van der Waals surface area contributed by atoms with Crippen LogP contribution in [0.3, 0.4) is 0 Å². The van der Waals surface area contributed by atoms with Crippen LogP contribution in [0.15, 0.2) is 60.8 Å². The van der Waals surface area contributed by atoms with Crippen molar-refractivity contribution in [2.24, 2.45) is 0 Å². The molecular formula is C57H100O6. The van der Waals surface area contributed by atoms with Gasteiger partial charge >= 0.3 is 17.9 Å². The van der Waals surface area contributed by atoms with Crippen LogP contribution in [0.1, 0.15) is 265 Å². The van der Waals surface area contributed by atoms with E-state index in [4.69, 9.17) is 14.2 Å². The van der Waals surface area contributed by atoms with Crippen molar-refractivity contribution in [3.05, 3.63) is 60.8 Å². The fourth-order valence-electron chi connectivity index (χ4n) is 7.38. The van der Waals surface area contributed by atoms with E-state index < -0.39 is 6.10 Å². The van der Waals surface area contributed by atoms with Gasteiger partial charge in [0.15, 0.2) is 6.10 Å². The fourth-order valence-corrected chi connectivity index (χ4v) is 7.38. The Labute approximate surface area is 390 Å². The number of rotatable bonds is 48. The number of allylic oxidation sites excluding steroid dienone is 10. The van der Waals surface area contributed by atoms with Gasteiger partial charge in [-0.2, -0.15) is 0 Å². The summed E-state index contributed by atoms with van der Waals surface area (Å²) in [6, 6.07) is 0. The Hall–Kier alpha value is -2.89. The van der Waals surface area contributed by atoms with Gasteiger partial charge in [-0.1, -0.05) is 197 Å². The van der Waals surface area contributed by atoms with E-state index >= 15 is 0 Å². The monoisotopic (exact) mass is 881 g/mol. The second kappa shape index (κ2) is 51.7. The van der Waals surface area contributed by atoms with Crippen molar-refractivity contribution in [1.29, 1.82) is 0 Å². The summed E-state index contributed by atoms with van der Waals surface area (Å²) >= 11 is 0. The Morgan fingerprint density at radius 1 is 0.317 bits per heavy atom. The van der Waals surface area contributed by atoms with Crippen molar-refractivity contribution in [3.8, 4) is 0 Å². The molecule has 0 atom stereocenters. The van der Waals surface area contributed by atoms with Gasteiger partial charge in [0.2, 0.25) is 0 Å². The first-order valence-corrected chi connectivity index (χ1v) is 26.8. The highest BCUT2D eigenvalue weighted by Gasteiger charge is 2.19. The SMILES string of the molecule is CCCCC/C=C\C/C=C\C/C=C\CCCCC(=O)OC(COC(=O)CCCCCCC/C=C\CCCCCCCC)COC(=O)CCCCCCC/C=C\CCCCCCCC. The summed E-state index contributed by atoms with van der Waals surface area (Å²) in [5, 5.41) is 0. The van der Waals surface area contributed by atoms with E-state index in [1.165, 1.54) is 141 Å². The van der Waals surface area contributed by atoms with Crippen LogP contribution in [0.5, 0.6) is 0 Å². The molecule has 0 saturated heterocycles. The molecule has 0 aliphatic carbocycles. The molecule has 6 nitrogen and oxygen atoms in total. The first kappa shape index (κ1) is 60.1. The van der Waals surface area contributed by atoms with E-state index in [0.29, 0.717) is 19.3 Å². The number of unbranched alkanes of at least 4 members (excludes halogenated alkanes) is 27. The lowest BCUT2D eigenvalue weighted by Crippen LogP contribution is -2.30. The van der Waals surface area contributed by atoms with Crippen molar-refractivity contribution in [2.45, 2.75) is 271 Å². The lowest BCUT2D eigenvalue weighted by molar-refractivity contribution is -0.167.